The van der Waals surface area contributed by atoms with E-state index in [1.807, 2.05) is 66.7 Å². The number of nitrogens with zero attached hydrogens (tertiary/aromatic N) is 2. The van der Waals surface area contributed by atoms with Crippen molar-refractivity contribution in [2.75, 3.05) is 20.0 Å². The molecule has 1 aromatic heterocycles. The number of rotatable bonds is 10. The number of carbonyl (C=O) groups excluding carboxylic acids is 2. The van der Waals surface area contributed by atoms with Gasteiger partial charge in [0.15, 0.2) is 0 Å². The van der Waals surface area contributed by atoms with Crippen molar-refractivity contribution in [3.8, 4) is 22.8 Å². The fourth-order valence-corrected chi connectivity index (χ4v) is 5.99. The zero-order valence-corrected chi connectivity index (χ0v) is 24.0. The van der Waals surface area contributed by atoms with Crippen LogP contribution in [-0.4, -0.2) is 41.3 Å². The highest BCUT2D eigenvalue weighted by atomic mass is 32.1. The lowest BCUT2D eigenvalue weighted by Crippen LogP contribution is -2.45. The van der Waals surface area contributed by atoms with E-state index in [9.17, 15) is 9.59 Å². The Hall–Kier alpha value is -4.37. The zero-order chi connectivity index (χ0) is 28.8. The molecule has 9 heteroatoms. The van der Waals surface area contributed by atoms with E-state index in [2.05, 4.69) is 9.69 Å². The summed E-state index contributed by atoms with van der Waals surface area (Å²) in [6, 6.07) is 23.5. The number of nitrogen functional groups attached to an aromatic ring is 1. The van der Waals surface area contributed by atoms with Gasteiger partial charge in [-0.25, -0.2) is 0 Å². The normalized spacial score (nSPS) is 13.9. The molecular weight excluding hydrogens is 536 g/mol. The first-order valence-corrected chi connectivity index (χ1v) is 14.4. The third kappa shape index (κ3) is 6.36. The lowest BCUT2D eigenvalue weighted by molar-refractivity contribution is -0.126. The number of carbonyl (C=O) groups is 2. The van der Waals surface area contributed by atoms with Crippen molar-refractivity contribution in [3.63, 3.8) is 0 Å². The summed E-state index contributed by atoms with van der Waals surface area (Å²) in [5.41, 5.74) is 9.74. The second-order valence-electron chi connectivity index (χ2n) is 10.1. The van der Waals surface area contributed by atoms with Crippen molar-refractivity contribution in [3.05, 3.63) is 94.9 Å². The summed E-state index contributed by atoms with van der Waals surface area (Å²) >= 11 is 1.04. The molecular formula is C32H34N4O4S. The van der Waals surface area contributed by atoms with E-state index in [1.54, 1.807) is 31.3 Å². The number of nitrogens with one attached hydrogen (secondary N) is 1. The van der Waals surface area contributed by atoms with E-state index in [4.69, 9.17) is 15.2 Å². The summed E-state index contributed by atoms with van der Waals surface area (Å²) in [5.74, 6) is 0.805. The molecule has 41 heavy (non-hydrogen) atoms. The molecule has 0 bridgehead atoms. The van der Waals surface area contributed by atoms with Crippen molar-refractivity contribution >= 4 is 29.0 Å². The maximum atomic E-state index is 14.4. The van der Waals surface area contributed by atoms with E-state index >= 15 is 0 Å². The molecule has 1 aliphatic carbocycles. The van der Waals surface area contributed by atoms with Crippen LogP contribution in [0.5, 0.6) is 11.5 Å². The van der Waals surface area contributed by atoms with Crippen LogP contribution in [0, 0.1) is 0 Å². The number of nitrogens with two attached hydrogens (primary N) is 1. The van der Waals surface area contributed by atoms with Gasteiger partial charge in [-0.05, 0) is 71.9 Å². The fourth-order valence-electron chi connectivity index (χ4n) is 5.21. The smallest absolute Gasteiger partial charge is 0.268 e. The second-order valence-corrected chi connectivity index (χ2v) is 10.9. The highest BCUT2D eigenvalue weighted by molar-refractivity contribution is 7.09. The summed E-state index contributed by atoms with van der Waals surface area (Å²) in [7, 11) is 3.20. The van der Waals surface area contributed by atoms with Gasteiger partial charge < -0.3 is 25.4 Å². The Balaban J connectivity index is 1.55. The molecule has 3 aromatic carbocycles. The minimum Gasteiger partial charge on any atom is -0.497 e. The van der Waals surface area contributed by atoms with Gasteiger partial charge in [0, 0.05) is 18.2 Å². The molecule has 2 amide bonds. The average Bonchev–Trinajstić information content (AvgIpc) is 3.67. The topological polar surface area (TPSA) is 107 Å². The molecule has 1 fully saturated rings. The predicted octanol–water partition coefficient (Wildman–Crippen LogP) is 5.85. The number of anilines is 1. The molecule has 8 nitrogen and oxygen atoms in total. The Morgan fingerprint density at radius 3 is 2.17 bits per heavy atom. The first-order valence-electron chi connectivity index (χ1n) is 13.7. The number of ether oxygens (including phenoxy) is 2. The van der Waals surface area contributed by atoms with Crippen molar-refractivity contribution in [2.45, 2.75) is 44.3 Å². The highest BCUT2D eigenvalue weighted by Gasteiger charge is 2.35. The van der Waals surface area contributed by atoms with Gasteiger partial charge in [0.1, 0.15) is 28.1 Å². The van der Waals surface area contributed by atoms with E-state index < -0.39 is 6.04 Å². The number of benzene rings is 3. The van der Waals surface area contributed by atoms with Crippen molar-refractivity contribution < 1.29 is 19.1 Å². The molecule has 1 atom stereocenters. The Morgan fingerprint density at radius 2 is 1.56 bits per heavy atom. The Bertz CT molecular complexity index is 1470. The van der Waals surface area contributed by atoms with Crippen LogP contribution in [0.25, 0.3) is 11.3 Å². The van der Waals surface area contributed by atoms with E-state index in [0.717, 1.165) is 48.3 Å². The van der Waals surface area contributed by atoms with Crippen LogP contribution < -0.4 is 20.5 Å². The zero-order valence-electron chi connectivity index (χ0n) is 23.2. The Kier molecular flexibility index (Phi) is 8.84. The largest absolute Gasteiger partial charge is 0.497 e. The van der Waals surface area contributed by atoms with Crippen LogP contribution in [0.4, 0.5) is 5.69 Å². The summed E-state index contributed by atoms with van der Waals surface area (Å²) in [6.07, 6.45) is 4.02. The summed E-state index contributed by atoms with van der Waals surface area (Å²) in [5, 5.41) is 3.22. The third-order valence-corrected chi connectivity index (χ3v) is 8.29. The molecule has 5 rings (SSSR count). The van der Waals surface area contributed by atoms with Crippen LogP contribution in [-0.2, 0) is 11.3 Å². The monoisotopic (exact) mass is 570 g/mol. The molecule has 3 N–H and O–H groups in total. The number of aromatic nitrogens is 1. The van der Waals surface area contributed by atoms with Crippen molar-refractivity contribution in [1.29, 1.82) is 0 Å². The Morgan fingerprint density at radius 1 is 0.951 bits per heavy atom. The maximum absolute atomic E-state index is 14.4. The fraction of sp³-hybridized carbons (Fsp3) is 0.281. The van der Waals surface area contributed by atoms with Gasteiger partial charge in [-0.3, -0.25) is 9.59 Å². The number of hydrogen-bond donors (Lipinski definition) is 2. The summed E-state index contributed by atoms with van der Waals surface area (Å²) < 4.78 is 15.2. The molecule has 1 aliphatic rings. The SMILES string of the molecule is COc1ccc(-c2nsc(C(=O)N(Cc3ccccc3)[C@H](C(=O)NC3CCCC3)c3ccc(OC)cc3)c2N)cc1. The average molecular weight is 571 g/mol. The standard InChI is InChI=1S/C32H34N4O4S/c1-39-25-16-12-22(13-17-25)28-27(33)30(41-35-28)32(38)36(20-21-8-4-3-5-9-21)29(23-14-18-26(40-2)19-15-23)31(37)34-24-10-6-7-11-24/h3-5,8-9,12-19,24,29H,6-7,10-11,20,33H2,1-2H3,(H,34,37)/t29-/m0/s1. The van der Waals surface area contributed by atoms with Gasteiger partial charge in [0.25, 0.3) is 5.91 Å². The lowest BCUT2D eigenvalue weighted by atomic mass is 10.0. The van der Waals surface area contributed by atoms with Gasteiger partial charge in [-0.1, -0.05) is 55.3 Å². The first kappa shape index (κ1) is 28.2. The summed E-state index contributed by atoms with van der Waals surface area (Å²) in [4.78, 5) is 30.3. The van der Waals surface area contributed by atoms with Crippen LogP contribution >= 0.6 is 11.5 Å². The van der Waals surface area contributed by atoms with Gasteiger partial charge in [0.2, 0.25) is 5.91 Å². The van der Waals surface area contributed by atoms with Gasteiger partial charge in [0.05, 0.1) is 19.9 Å². The predicted molar refractivity (Wildman–Crippen MR) is 161 cm³/mol. The quantitative estimate of drug-likeness (QED) is 0.248. The number of methoxy groups -OCH3 is 2. The molecule has 0 aliphatic heterocycles. The molecule has 0 radical (unpaired) electrons. The Labute approximate surface area is 244 Å². The molecule has 1 saturated carbocycles. The minimum absolute atomic E-state index is 0.0899. The molecule has 0 unspecified atom stereocenters. The van der Waals surface area contributed by atoms with Gasteiger partial charge in [-0.2, -0.15) is 4.37 Å². The third-order valence-electron chi connectivity index (χ3n) is 7.44. The number of amides is 2. The second kappa shape index (κ2) is 12.9. The molecule has 0 spiro atoms. The minimum atomic E-state index is -0.889. The van der Waals surface area contributed by atoms with E-state index in [-0.39, 0.29) is 30.1 Å². The van der Waals surface area contributed by atoms with Crippen LogP contribution in [0.1, 0.15) is 52.5 Å². The molecule has 0 saturated heterocycles. The highest BCUT2D eigenvalue weighted by Crippen LogP contribution is 2.35. The van der Waals surface area contributed by atoms with Gasteiger partial charge in [-0.15, -0.1) is 0 Å². The molecule has 1 heterocycles. The first-order chi connectivity index (χ1) is 20.0. The molecule has 4 aromatic rings. The van der Waals surface area contributed by atoms with E-state index in [0.29, 0.717) is 27.6 Å². The summed E-state index contributed by atoms with van der Waals surface area (Å²) in [6.45, 7) is 0.212. The van der Waals surface area contributed by atoms with Crippen LogP contribution in [0.15, 0.2) is 78.9 Å². The van der Waals surface area contributed by atoms with E-state index in [1.165, 1.54) is 0 Å². The van der Waals surface area contributed by atoms with Crippen LogP contribution in [0.2, 0.25) is 0 Å². The van der Waals surface area contributed by atoms with Crippen LogP contribution in [0.3, 0.4) is 0 Å². The number of hydrogen-bond acceptors (Lipinski definition) is 7. The van der Waals surface area contributed by atoms with Gasteiger partial charge >= 0.3 is 0 Å². The van der Waals surface area contributed by atoms with Crippen molar-refractivity contribution in [1.82, 2.24) is 14.6 Å². The lowest BCUT2D eigenvalue weighted by Gasteiger charge is -2.32. The maximum Gasteiger partial charge on any atom is 0.268 e. The molecule has 212 valence electrons. The van der Waals surface area contributed by atoms with Crippen molar-refractivity contribution in [2.24, 2.45) is 0 Å².